The lowest BCUT2D eigenvalue weighted by Gasteiger charge is -2.36. The van der Waals surface area contributed by atoms with E-state index in [1.165, 1.54) is 5.56 Å². The van der Waals surface area contributed by atoms with Crippen LogP contribution >= 0.6 is 0 Å². The smallest absolute Gasteiger partial charge is 0.224 e. The molecule has 2 aromatic rings. The zero-order valence-corrected chi connectivity index (χ0v) is 11.5. The molecule has 0 radical (unpaired) electrons. The molecular formula is C17H17NO2. The Morgan fingerprint density at radius 1 is 1.15 bits per heavy atom. The number of hydrogen-bond donors (Lipinski definition) is 0. The van der Waals surface area contributed by atoms with E-state index in [1.807, 2.05) is 47.4 Å². The molecule has 0 fully saturated rings. The Labute approximate surface area is 118 Å². The van der Waals surface area contributed by atoms with E-state index in [9.17, 15) is 4.79 Å². The van der Waals surface area contributed by atoms with Crippen molar-refractivity contribution in [2.45, 2.75) is 19.4 Å². The van der Waals surface area contributed by atoms with E-state index in [-0.39, 0.29) is 11.9 Å². The summed E-state index contributed by atoms with van der Waals surface area (Å²) in [5.74, 6) is 0.841. The Hall–Kier alpha value is -2.29. The Morgan fingerprint density at radius 2 is 1.85 bits per heavy atom. The molecule has 2 aromatic carbocycles. The van der Waals surface area contributed by atoms with Crippen molar-refractivity contribution in [2.24, 2.45) is 0 Å². The fraction of sp³-hybridized carbons (Fsp3) is 0.235. The van der Waals surface area contributed by atoms with Gasteiger partial charge in [-0.1, -0.05) is 42.5 Å². The van der Waals surface area contributed by atoms with Gasteiger partial charge in [0.15, 0.2) is 0 Å². The van der Waals surface area contributed by atoms with Gasteiger partial charge in [-0.3, -0.25) is 4.79 Å². The predicted molar refractivity (Wildman–Crippen MR) is 79.0 cm³/mol. The SMILES string of the molecule is CC(=O)N1c2ccccc2OC[C@@H]1Cc1ccccc1. The molecule has 0 saturated carbocycles. The van der Waals surface area contributed by atoms with Gasteiger partial charge in [-0.05, 0) is 24.1 Å². The number of carbonyl (C=O) groups excluding carboxylic acids is 1. The Balaban J connectivity index is 1.91. The first-order valence-corrected chi connectivity index (χ1v) is 6.81. The van der Waals surface area contributed by atoms with Gasteiger partial charge in [-0.25, -0.2) is 0 Å². The molecule has 0 N–H and O–H groups in total. The lowest BCUT2D eigenvalue weighted by atomic mass is 10.0. The van der Waals surface area contributed by atoms with Crippen LogP contribution in [0.5, 0.6) is 5.75 Å². The number of ether oxygens (including phenoxy) is 1. The summed E-state index contributed by atoms with van der Waals surface area (Å²) in [4.78, 5) is 13.9. The number of nitrogens with zero attached hydrogens (tertiary/aromatic N) is 1. The Kier molecular flexibility index (Phi) is 3.42. The minimum Gasteiger partial charge on any atom is -0.489 e. The highest BCUT2D eigenvalue weighted by atomic mass is 16.5. The second-order valence-corrected chi connectivity index (χ2v) is 5.01. The summed E-state index contributed by atoms with van der Waals surface area (Å²) in [5, 5.41) is 0. The Morgan fingerprint density at radius 3 is 2.60 bits per heavy atom. The molecule has 20 heavy (non-hydrogen) atoms. The average Bonchev–Trinajstić information content (AvgIpc) is 2.47. The summed E-state index contributed by atoms with van der Waals surface area (Å²) in [6.07, 6.45) is 0.800. The topological polar surface area (TPSA) is 29.5 Å². The fourth-order valence-electron chi connectivity index (χ4n) is 2.70. The highest BCUT2D eigenvalue weighted by Gasteiger charge is 2.30. The van der Waals surface area contributed by atoms with E-state index in [1.54, 1.807) is 6.92 Å². The molecule has 0 unspecified atom stereocenters. The zero-order valence-electron chi connectivity index (χ0n) is 11.5. The second-order valence-electron chi connectivity index (χ2n) is 5.01. The van der Waals surface area contributed by atoms with Gasteiger partial charge in [0, 0.05) is 6.92 Å². The van der Waals surface area contributed by atoms with E-state index in [0.29, 0.717) is 6.61 Å². The first kappa shape index (κ1) is 12.7. The van der Waals surface area contributed by atoms with E-state index in [2.05, 4.69) is 12.1 Å². The van der Waals surface area contributed by atoms with Crippen molar-refractivity contribution < 1.29 is 9.53 Å². The zero-order chi connectivity index (χ0) is 13.9. The summed E-state index contributed by atoms with van der Waals surface area (Å²) in [5.41, 5.74) is 2.08. The lowest BCUT2D eigenvalue weighted by Crippen LogP contribution is -2.47. The summed E-state index contributed by atoms with van der Waals surface area (Å²) in [7, 11) is 0. The van der Waals surface area contributed by atoms with Crippen LogP contribution in [0.3, 0.4) is 0 Å². The van der Waals surface area contributed by atoms with Crippen LogP contribution in [0.4, 0.5) is 5.69 Å². The number of anilines is 1. The van der Waals surface area contributed by atoms with Crippen LogP contribution in [0, 0.1) is 0 Å². The molecule has 3 nitrogen and oxygen atoms in total. The molecule has 3 heteroatoms. The third-order valence-corrected chi connectivity index (χ3v) is 3.57. The number of rotatable bonds is 2. The quantitative estimate of drug-likeness (QED) is 0.837. The first-order chi connectivity index (χ1) is 9.75. The molecule has 0 saturated heterocycles. The predicted octanol–water partition coefficient (Wildman–Crippen LogP) is 3.04. The summed E-state index contributed by atoms with van der Waals surface area (Å²) in [6.45, 7) is 2.14. The molecule has 3 rings (SSSR count). The number of fused-ring (bicyclic) bond motifs is 1. The molecule has 1 aliphatic heterocycles. The number of hydrogen-bond acceptors (Lipinski definition) is 2. The lowest BCUT2D eigenvalue weighted by molar-refractivity contribution is -0.117. The fourth-order valence-corrected chi connectivity index (χ4v) is 2.70. The van der Waals surface area contributed by atoms with E-state index in [0.717, 1.165) is 17.9 Å². The Bertz CT molecular complexity index is 609. The van der Waals surface area contributed by atoms with Gasteiger partial charge in [-0.15, -0.1) is 0 Å². The molecule has 1 aliphatic rings. The molecule has 0 aliphatic carbocycles. The largest absolute Gasteiger partial charge is 0.489 e. The van der Waals surface area contributed by atoms with Crippen LogP contribution in [-0.2, 0) is 11.2 Å². The highest BCUT2D eigenvalue weighted by Crippen LogP contribution is 2.34. The van der Waals surface area contributed by atoms with Crippen molar-refractivity contribution >= 4 is 11.6 Å². The van der Waals surface area contributed by atoms with Gasteiger partial charge in [0.05, 0.1) is 11.7 Å². The number of para-hydroxylation sites is 2. The molecule has 1 heterocycles. The highest BCUT2D eigenvalue weighted by molar-refractivity contribution is 5.94. The van der Waals surface area contributed by atoms with Crippen molar-refractivity contribution in [3.8, 4) is 5.75 Å². The van der Waals surface area contributed by atoms with Crippen LogP contribution in [-0.4, -0.2) is 18.6 Å². The van der Waals surface area contributed by atoms with Crippen molar-refractivity contribution in [2.75, 3.05) is 11.5 Å². The van der Waals surface area contributed by atoms with Gasteiger partial charge in [0.1, 0.15) is 12.4 Å². The van der Waals surface area contributed by atoms with E-state index >= 15 is 0 Å². The molecule has 0 bridgehead atoms. The minimum atomic E-state index is 0.0461. The van der Waals surface area contributed by atoms with Gasteiger partial charge < -0.3 is 9.64 Å². The maximum Gasteiger partial charge on any atom is 0.224 e. The summed E-state index contributed by atoms with van der Waals surface area (Å²) in [6, 6.07) is 18.0. The van der Waals surface area contributed by atoms with E-state index in [4.69, 9.17) is 4.74 Å². The number of benzene rings is 2. The standard InChI is InChI=1S/C17H17NO2/c1-13(19)18-15(11-14-7-3-2-4-8-14)12-20-17-10-6-5-9-16(17)18/h2-10,15H,11-12H2,1H3/t15-/m0/s1. The summed E-state index contributed by atoms with van der Waals surface area (Å²) >= 11 is 0. The maximum atomic E-state index is 12.0. The average molecular weight is 267 g/mol. The number of carbonyl (C=O) groups is 1. The monoisotopic (exact) mass is 267 g/mol. The van der Waals surface area contributed by atoms with Crippen molar-refractivity contribution in [3.05, 3.63) is 60.2 Å². The van der Waals surface area contributed by atoms with Crippen molar-refractivity contribution in [1.82, 2.24) is 0 Å². The second kappa shape index (κ2) is 5.37. The van der Waals surface area contributed by atoms with Crippen LogP contribution in [0.2, 0.25) is 0 Å². The molecule has 1 amide bonds. The molecular weight excluding hydrogens is 250 g/mol. The van der Waals surface area contributed by atoms with Gasteiger partial charge >= 0.3 is 0 Å². The maximum absolute atomic E-state index is 12.0. The minimum absolute atomic E-state index is 0.0461. The van der Waals surface area contributed by atoms with Gasteiger partial charge in [-0.2, -0.15) is 0 Å². The van der Waals surface area contributed by atoms with Crippen LogP contribution in [0.25, 0.3) is 0 Å². The van der Waals surface area contributed by atoms with Crippen LogP contribution in [0.15, 0.2) is 54.6 Å². The van der Waals surface area contributed by atoms with Crippen LogP contribution in [0.1, 0.15) is 12.5 Å². The van der Waals surface area contributed by atoms with Crippen molar-refractivity contribution in [1.29, 1.82) is 0 Å². The summed E-state index contributed by atoms with van der Waals surface area (Å²) < 4.78 is 5.79. The van der Waals surface area contributed by atoms with Crippen LogP contribution < -0.4 is 9.64 Å². The van der Waals surface area contributed by atoms with Gasteiger partial charge in [0.2, 0.25) is 5.91 Å². The van der Waals surface area contributed by atoms with Gasteiger partial charge in [0.25, 0.3) is 0 Å². The third-order valence-electron chi connectivity index (χ3n) is 3.57. The molecule has 0 spiro atoms. The number of amides is 1. The van der Waals surface area contributed by atoms with E-state index < -0.39 is 0 Å². The molecule has 0 aromatic heterocycles. The van der Waals surface area contributed by atoms with Crippen molar-refractivity contribution in [3.63, 3.8) is 0 Å². The normalized spacial score (nSPS) is 17.2. The molecule has 102 valence electrons. The third kappa shape index (κ3) is 2.39. The first-order valence-electron chi connectivity index (χ1n) is 6.81. The molecule has 1 atom stereocenters.